The zero-order valence-electron chi connectivity index (χ0n) is 11.7. The highest BCUT2D eigenvalue weighted by molar-refractivity contribution is 4.98. The Bertz CT molecular complexity index is 206. The first-order chi connectivity index (χ1) is 6.68. The Labute approximate surface area is 96.2 Å². The molecule has 15 heavy (non-hydrogen) atoms. The molecule has 2 unspecified atom stereocenters. The molecular weight excluding hydrogens is 182 g/mol. The van der Waals surface area contributed by atoms with Crippen LogP contribution in [0.3, 0.4) is 0 Å². The van der Waals surface area contributed by atoms with Crippen molar-refractivity contribution in [3.63, 3.8) is 0 Å². The first kappa shape index (κ1) is 13.0. The van der Waals surface area contributed by atoms with E-state index in [1.54, 1.807) is 0 Å². The van der Waals surface area contributed by atoms with E-state index >= 15 is 0 Å². The van der Waals surface area contributed by atoms with Crippen molar-refractivity contribution in [3.05, 3.63) is 0 Å². The lowest BCUT2D eigenvalue weighted by atomic mass is 9.83. The van der Waals surface area contributed by atoms with E-state index in [0.717, 1.165) is 12.1 Å². The average molecular weight is 211 g/mol. The van der Waals surface area contributed by atoms with Crippen LogP contribution < -0.4 is 0 Å². The van der Waals surface area contributed by atoms with Gasteiger partial charge in [-0.15, -0.1) is 0 Å². The molecule has 1 rings (SSSR count). The molecule has 0 aliphatic carbocycles. The molecule has 0 N–H and O–H groups in total. The van der Waals surface area contributed by atoms with Gasteiger partial charge in [0.1, 0.15) is 0 Å². The molecule has 1 heteroatoms. The standard InChI is InChI=1S/C14H29N/c1-8-11-9-10-12(13(2,3)4)15(11)14(5,6)7/h11-12H,8-10H2,1-7H3. The van der Waals surface area contributed by atoms with Gasteiger partial charge in [0.15, 0.2) is 0 Å². The summed E-state index contributed by atoms with van der Waals surface area (Å²) in [6, 6.07) is 1.55. The molecule has 1 saturated heterocycles. The summed E-state index contributed by atoms with van der Waals surface area (Å²) in [6.07, 6.45) is 4.05. The maximum atomic E-state index is 2.77. The molecule has 90 valence electrons. The molecule has 1 fully saturated rings. The fourth-order valence-corrected chi connectivity index (χ4v) is 3.15. The first-order valence-electron chi connectivity index (χ1n) is 6.46. The van der Waals surface area contributed by atoms with Crippen LogP contribution in [0.4, 0.5) is 0 Å². The Hall–Kier alpha value is -0.0400. The molecule has 0 aromatic heterocycles. The zero-order valence-corrected chi connectivity index (χ0v) is 11.7. The third-order valence-electron chi connectivity index (χ3n) is 3.75. The second-order valence-electron chi connectivity index (χ2n) is 7.10. The minimum Gasteiger partial charge on any atom is -0.292 e. The van der Waals surface area contributed by atoms with Crippen LogP contribution in [0.5, 0.6) is 0 Å². The topological polar surface area (TPSA) is 3.24 Å². The number of rotatable bonds is 1. The van der Waals surface area contributed by atoms with E-state index in [0.29, 0.717) is 11.0 Å². The van der Waals surface area contributed by atoms with Gasteiger partial charge in [-0.05, 0) is 45.4 Å². The maximum Gasteiger partial charge on any atom is 0.0152 e. The van der Waals surface area contributed by atoms with Crippen molar-refractivity contribution in [2.24, 2.45) is 5.41 Å². The highest BCUT2D eigenvalue weighted by Crippen LogP contribution is 2.41. The summed E-state index contributed by atoms with van der Waals surface area (Å²) >= 11 is 0. The Kier molecular flexibility index (Phi) is 3.55. The lowest BCUT2D eigenvalue weighted by Gasteiger charge is -2.46. The van der Waals surface area contributed by atoms with Crippen LogP contribution in [-0.4, -0.2) is 22.5 Å². The third kappa shape index (κ3) is 2.75. The number of nitrogens with zero attached hydrogens (tertiary/aromatic N) is 1. The van der Waals surface area contributed by atoms with E-state index in [4.69, 9.17) is 0 Å². The van der Waals surface area contributed by atoms with Crippen molar-refractivity contribution in [1.29, 1.82) is 0 Å². The second-order valence-corrected chi connectivity index (χ2v) is 7.10. The summed E-state index contributed by atoms with van der Waals surface area (Å²) in [5.74, 6) is 0. The van der Waals surface area contributed by atoms with Crippen LogP contribution in [0.2, 0.25) is 0 Å². The molecule has 0 saturated carbocycles. The maximum absolute atomic E-state index is 2.77. The van der Waals surface area contributed by atoms with Gasteiger partial charge in [-0.1, -0.05) is 27.7 Å². The van der Waals surface area contributed by atoms with Crippen molar-refractivity contribution in [2.45, 2.75) is 85.4 Å². The van der Waals surface area contributed by atoms with Crippen LogP contribution in [0.15, 0.2) is 0 Å². The van der Waals surface area contributed by atoms with Crippen LogP contribution in [-0.2, 0) is 0 Å². The van der Waals surface area contributed by atoms with Crippen LogP contribution in [0.25, 0.3) is 0 Å². The van der Waals surface area contributed by atoms with E-state index in [2.05, 4.69) is 53.4 Å². The van der Waals surface area contributed by atoms with E-state index < -0.39 is 0 Å². The summed E-state index contributed by atoms with van der Waals surface area (Å²) in [7, 11) is 0. The van der Waals surface area contributed by atoms with Gasteiger partial charge in [-0.2, -0.15) is 0 Å². The monoisotopic (exact) mass is 211 g/mol. The molecule has 1 aliphatic heterocycles. The van der Waals surface area contributed by atoms with Gasteiger partial charge in [-0.25, -0.2) is 0 Å². The van der Waals surface area contributed by atoms with Crippen LogP contribution >= 0.6 is 0 Å². The van der Waals surface area contributed by atoms with Crippen molar-refractivity contribution in [3.8, 4) is 0 Å². The van der Waals surface area contributed by atoms with Crippen molar-refractivity contribution in [1.82, 2.24) is 4.90 Å². The van der Waals surface area contributed by atoms with Crippen molar-refractivity contribution >= 4 is 0 Å². The predicted octanol–water partition coefficient (Wildman–Crippen LogP) is 4.07. The predicted molar refractivity (Wildman–Crippen MR) is 68.1 cm³/mol. The average Bonchev–Trinajstić information content (AvgIpc) is 2.44. The van der Waals surface area contributed by atoms with E-state index in [1.165, 1.54) is 19.3 Å². The number of hydrogen-bond acceptors (Lipinski definition) is 1. The summed E-state index contributed by atoms with van der Waals surface area (Å²) < 4.78 is 0. The summed E-state index contributed by atoms with van der Waals surface area (Å²) in [5.41, 5.74) is 0.728. The number of hydrogen-bond donors (Lipinski definition) is 0. The van der Waals surface area contributed by atoms with Gasteiger partial charge < -0.3 is 0 Å². The second kappa shape index (κ2) is 4.08. The van der Waals surface area contributed by atoms with E-state index in [9.17, 15) is 0 Å². The normalized spacial score (nSPS) is 29.8. The SMILES string of the molecule is CCC1CCC(C(C)(C)C)N1C(C)(C)C. The Morgan fingerprint density at radius 2 is 1.53 bits per heavy atom. The Morgan fingerprint density at radius 1 is 1.00 bits per heavy atom. The van der Waals surface area contributed by atoms with Gasteiger partial charge in [-0.3, -0.25) is 4.90 Å². The van der Waals surface area contributed by atoms with Crippen molar-refractivity contribution < 1.29 is 0 Å². The Balaban J connectivity index is 2.92. The molecule has 0 radical (unpaired) electrons. The summed E-state index contributed by atoms with van der Waals surface area (Å²) in [5, 5.41) is 0. The molecule has 2 atom stereocenters. The van der Waals surface area contributed by atoms with E-state index in [-0.39, 0.29) is 0 Å². The summed E-state index contributed by atoms with van der Waals surface area (Å²) in [4.78, 5) is 2.77. The lowest BCUT2D eigenvalue weighted by Crippen LogP contribution is -2.52. The fourth-order valence-electron chi connectivity index (χ4n) is 3.15. The summed E-state index contributed by atoms with van der Waals surface area (Å²) in [6.45, 7) is 16.6. The van der Waals surface area contributed by atoms with Gasteiger partial charge in [0, 0.05) is 17.6 Å². The largest absolute Gasteiger partial charge is 0.292 e. The lowest BCUT2D eigenvalue weighted by molar-refractivity contribution is 0.0243. The van der Waals surface area contributed by atoms with Gasteiger partial charge >= 0.3 is 0 Å². The molecule has 1 heterocycles. The minimum absolute atomic E-state index is 0.315. The van der Waals surface area contributed by atoms with Crippen LogP contribution in [0.1, 0.15) is 67.7 Å². The molecule has 0 aromatic rings. The Morgan fingerprint density at radius 3 is 1.87 bits per heavy atom. The molecule has 0 bridgehead atoms. The van der Waals surface area contributed by atoms with Crippen LogP contribution in [0, 0.1) is 5.41 Å². The first-order valence-corrected chi connectivity index (χ1v) is 6.46. The molecular formula is C14H29N. The molecule has 0 amide bonds. The number of likely N-dealkylation sites (tertiary alicyclic amines) is 1. The van der Waals surface area contributed by atoms with Gasteiger partial charge in [0.2, 0.25) is 0 Å². The third-order valence-corrected chi connectivity index (χ3v) is 3.75. The smallest absolute Gasteiger partial charge is 0.0152 e. The molecule has 0 spiro atoms. The quantitative estimate of drug-likeness (QED) is 0.632. The van der Waals surface area contributed by atoms with E-state index in [1.807, 2.05) is 0 Å². The zero-order chi connectivity index (χ0) is 11.9. The van der Waals surface area contributed by atoms with Gasteiger partial charge in [0.05, 0.1) is 0 Å². The molecule has 1 nitrogen and oxygen atoms in total. The highest BCUT2D eigenvalue weighted by atomic mass is 15.3. The fraction of sp³-hybridized carbons (Fsp3) is 1.00. The molecule has 0 aromatic carbocycles. The van der Waals surface area contributed by atoms with Gasteiger partial charge in [0.25, 0.3) is 0 Å². The molecule has 1 aliphatic rings. The van der Waals surface area contributed by atoms with Crippen molar-refractivity contribution in [2.75, 3.05) is 0 Å². The minimum atomic E-state index is 0.315. The highest BCUT2D eigenvalue weighted by Gasteiger charge is 2.43.